The molecule has 0 aliphatic rings. The number of nitro groups is 1. The lowest BCUT2D eigenvalue weighted by Crippen LogP contribution is -2.28. The van der Waals surface area contributed by atoms with E-state index in [1.165, 1.54) is 23.3 Å². The van der Waals surface area contributed by atoms with Crippen molar-refractivity contribution in [1.82, 2.24) is 4.90 Å². The largest absolute Gasteiger partial charge is 0.467 e. The number of furan rings is 1. The standard InChI is InChI=1S/C22H17N3O4/c23-14-18-9-7-17(8-10-18)11-12-22(26)24(16-20-5-3-13-29-20)15-19-4-1-2-6-21(19)25(27)28/h1-13H,15-16H2/b12-11+. The second kappa shape index (κ2) is 9.15. The van der Waals surface area contributed by atoms with Crippen molar-refractivity contribution in [2.45, 2.75) is 13.1 Å². The number of hydrogen-bond acceptors (Lipinski definition) is 5. The van der Waals surface area contributed by atoms with Crippen molar-refractivity contribution in [2.75, 3.05) is 0 Å². The van der Waals surface area contributed by atoms with Crippen LogP contribution in [0, 0.1) is 21.4 Å². The van der Waals surface area contributed by atoms with Crippen molar-refractivity contribution in [3.8, 4) is 6.07 Å². The predicted octanol–water partition coefficient (Wildman–Crippen LogP) is 4.30. The molecule has 0 aliphatic carbocycles. The predicted molar refractivity (Wildman–Crippen MR) is 106 cm³/mol. The summed E-state index contributed by atoms with van der Waals surface area (Å²) in [5.74, 6) is 0.257. The molecule has 7 nitrogen and oxygen atoms in total. The van der Waals surface area contributed by atoms with Gasteiger partial charge in [0.25, 0.3) is 5.69 Å². The Balaban J connectivity index is 1.83. The lowest BCUT2D eigenvalue weighted by atomic mass is 10.1. The molecule has 0 atom stereocenters. The fourth-order valence-corrected chi connectivity index (χ4v) is 2.77. The molecule has 0 saturated carbocycles. The number of carbonyl (C=O) groups excluding carboxylic acids is 1. The Labute approximate surface area is 167 Å². The van der Waals surface area contributed by atoms with Crippen molar-refractivity contribution < 1.29 is 14.1 Å². The van der Waals surface area contributed by atoms with Crippen LogP contribution in [0.25, 0.3) is 6.08 Å². The average molecular weight is 387 g/mol. The normalized spacial score (nSPS) is 10.6. The fourth-order valence-electron chi connectivity index (χ4n) is 2.77. The summed E-state index contributed by atoms with van der Waals surface area (Å²) < 4.78 is 5.34. The summed E-state index contributed by atoms with van der Waals surface area (Å²) in [6.45, 7) is 0.240. The minimum absolute atomic E-state index is 0.0409. The molecule has 3 aromatic rings. The topological polar surface area (TPSA) is 100 Å². The van der Waals surface area contributed by atoms with Gasteiger partial charge < -0.3 is 9.32 Å². The Kier molecular flexibility index (Phi) is 6.18. The van der Waals surface area contributed by atoms with Crippen LogP contribution in [0.1, 0.15) is 22.5 Å². The van der Waals surface area contributed by atoms with E-state index in [4.69, 9.17) is 9.68 Å². The van der Waals surface area contributed by atoms with Gasteiger partial charge in [-0.2, -0.15) is 5.26 Å². The highest BCUT2D eigenvalue weighted by atomic mass is 16.6. The second-order valence-corrected chi connectivity index (χ2v) is 6.23. The summed E-state index contributed by atoms with van der Waals surface area (Å²) in [5.41, 5.74) is 1.69. The van der Waals surface area contributed by atoms with Crippen LogP contribution in [0.5, 0.6) is 0 Å². The summed E-state index contributed by atoms with van der Waals surface area (Å²) >= 11 is 0. The summed E-state index contributed by atoms with van der Waals surface area (Å²) in [6.07, 6.45) is 4.55. The van der Waals surface area contributed by atoms with Gasteiger partial charge in [-0.3, -0.25) is 14.9 Å². The number of amides is 1. The monoisotopic (exact) mass is 387 g/mol. The van der Waals surface area contributed by atoms with E-state index in [1.54, 1.807) is 60.7 Å². The number of carbonyl (C=O) groups is 1. The third kappa shape index (κ3) is 5.17. The van der Waals surface area contributed by atoms with Gasteiger partial charge in [-0.05, 0) is 35.9 Å². The molecule has 2 aromatic carbocycles. The molecule has 1 heterocycles. The Morgan fingerprint density at radius 2 is 1.86 bits per heavy atom. The molecule has 1 aromatic heterocycles. The molecule has 1 amide bonds. The summed E-state index contributed by atoms with van der Waals surface area (Å²) in [5, 5.41) is 20.2. The molecule has 3 rings (SSSR count). The average Bonchev–Trinajstić information content (AvgIpc) is 3.25. The SMILES string of the molecule is N#Cc1ccc(/C=C/C(=O)N(Cc2ccco2)Cc2ccccc2[N+](=O)[O-])cc1. The first-order valence-electron chi connectivity index (χ1n) is 8.78. The first kappa shape index (κ1) is 19.6. The van der Waals surface area contributed by atoms with Crippen LogP contribution in [-0.4, -0.2) is 15.7 Å². The van der Waals surface area contributed by atoms with Gasteiger partial charge in [0.05, 0.1) is 35.9 Å². The highest BCUT2D eigenvalue weighted by Crippen LogP contribution is 2.21. The van der Waals surface area contributed by atoms with E-state index in [1.807, 2.05) is 6.07 Å². The molecule has 144 valence electrons. The first-order chi connectivity index (χ1) is 14.1. The lowest BCUT2D eigenvalue weighted by Gasteiger charge is -2.20. The zero-order valence-electron chi connectivity index (χ0n) is 15.4. The zero-order valence-corrected chi connectivity index (χ0v) is 15.4. The van der Waals surface area contributed by atoms with Crippen LogP contribution in [-0.2, 0) is 17.9 Å². The van der Waals surface area contributed by atoms with Crippen LogP contribution >= 0.6 is 0 Å². The minimum atomic E-state index is -0.461. The van der Waals surface area contributed by atoms with E-state index in [0.717, 1.165) is 5.56 Å². The van der Waals surface area contributed by atoms with Gasteiger partial charge in [0, 0.05) is 17.7 Å². The van der Waals surface area contributed by atoms with Gasteiger partial charge in [0.1, 0.15) is 5.76 Å². The molecular weight excluding hydrogens is 370 g/mol. The third-order valence-corrected chi connectivity index (χ3v) is 4.25. The smallest absolute Gasteiger partial charge is 0.274 e. The Hall–Kier alpha value is -4.18. The van der Waals surface area contributed by atoms with Crippen LogP contribution < -0.4 is 0 Å². The molecule has 0 bridgehead atoms. The maximum atomic E-state index is 12.8. The van der Waals surface area contributed by atoms with Gasteiger partial charge in [-0.15, -0.1) is 0 Å². The van der Waals surface area contributed by atoms with Gasteiger partial charge >= 0.3 is 0 Å². The lowest BCUT2D eigenvalue weighted by molar-refractivity contribution is -0.385. The Bertz CT molecular complexity index is 1060. The molecule has 0 N–H and O–H groups in total. The van der Waals surface area contributed by atoms with E-state index in [-0.39, 0.29) is 24.7 Å². The number of nitro benzene ring substituents is 1. The van der Waals surface area contributed by atoms with Gasteiger partial charge in [-0.25, -0.2) is 0 Å². The number of nitrogens with zero attached hydrogens (tertiary/aromatic N) is 3. The van der Waals surface area contributed by atoms with Crippen LogP contribution in [0.3, 0.4) is 0 Å². The minimum Gasteiger partial charge on any atom is -0.467 e. The van der Waals surface area contributed by atoms with E-state index < -0.39 is 4.92 Å². The summed E-state index contributed by atoms with van der Waals surface area (Å²) in [6, 6.07) is 18.6. The molecule has 0 radical (unpaired) electrons. The van der Waals surface area contributed by atoms with Crippen molar-refractivity contribution in [2.24, 2.45) is 0 Å². The van der Waals surface area contributed by atoms with Crippen molar-refractivity contribution in [3.63, 3.8) is 0 Å². The molecule has 0 spiro atoms. The number of rotatable bonds is 7. The van der Waals surface area contributed by atoms with Crippen LogP contribution in [0.15, 0.2) is 77.4 Å². The van der Waals surface area contributed by atoms with E-state index in [2.05, 4.69) is 0 Å². The molecule has 0 unspecified atom stereocenters. The fraction of sp³-hybridized carbons (Fsp3) is 0.0909. The Morgan fingerprint density at radius 3 is 2.52 bits per heavy atom. The van der Waals surface area contributed by atoms with E-state index in [0.29, 0.717) is 16.9 Å². The highest BCUT2D eigenvalue weighted by molar-refractivity contribution is 5.91. The van der Waals surface area contributed by atoms with E-state index >= 15 is 0 Å². The highest BCUT2D eigenvalue weighted by Gasteiger charge is 2.19. The van der Waals surface area contributed by atoms with Gasteiger partial charge in [0.15, 0.2) is 0 Å². The summed E-state index contributed by atoms with van der Waals surface area (Å²) in [4.78, 5) is 25.1. The Morgan fingerprint density at radius 1 is 1.10 bits per heavy atom. The molecule has 0 fully saturated rings. The van der Waals surface area contributed by atoms with Gasteiger partial charge in [-0.1, -0.05) is 30.3 Å². The van der Waals surface area contributed by atoms with E-state index in [9.17, 15) is 14.9 Å². The zero-order chi connectivity index (χ0) is 20.6. The van der Waals surface area contributed by atoms with Crippen molar-refractivity contribution in [1.29, 1.82) is 5.26 Å². The van der Waals surface area contributed by atoms with Crippen LogP contribution in [0.2, 0.25) is 0 Å². The second-order valence-electron chi connectivity index (χ2n) is 6.23. The molecule has 0 saturated heterocycles. The molecule has 0 aliphatic heterocycles. The van der Waals surface area contributed by atoms with Crippen LogP contribution in [0.4, 0.5) is 5.69 Å². The molecule has 29 heavy (non-hydrogen) atoms. The molecular formula is C22H17N3O4. The quantitative estimate of drug-likeness (QED) is 0.342. The first-order valence-corrected chi connectivity index (χ1v) is 8.78. The van der Waals surface area contributed by atoms with Crippen molar-refractivity contribution in [3.05, 3.63) is 106 Å². The number of nitriles is 1. The number of hydrogen-bond donors (Lipinski definition) is 0. The molecule has 7 heteroatoms. The number of para-hydroxylation sites is 1. The van der Waals surface area contributed by atoms with Crippen molar-refractivity contribution >= 4 is 17.7 Å². The third-order valence-electron chi connectivity index (χ3n) is 4.25. The summed E-state index contributed by atoms with van der Waals surface area (Å²) in [7, 11) is 0. The maximum absolute atomic E-state index is 12.8. The number of benzene rings is 2. The maximum Gasteiger partial charge on any atom is 0.274 e. The van der Waals surface area contributed by atoms with Gasteiger partial charge in [0.2, 0.25) is 5.91 Å².